The number of rotatable bonds is 1. The number of halogens is 1. The van der Waals surface area contributed by atoms with Gasteiger partial charge in [0.05, 0.1) is 12.7 Å². The molecule has 0 amide bonds. The highest BCUT2D eigenvalue weighted by Gasteiger charge is 2.05. The number of benzene rings is 1. The molecule has 0 fully saturated rings. The highest BCUT2D eigenvalue weighted by molar-refractivity contribution is 14.1. The molecule has 0 aromatic heterocycles. The topological polar surface area (TPSA) is 26.3 Å². The number of carbonyl (C=O) groups is 1. The third-order valence-corrected chi connectivity index (χ3v) is 3.10. The molecule has 0 atom stereocenters. The Morgan fingerprint density at radius 3 is 2.75 bits per heavy atom. The van der Waals surface area contributed by atoms with Crippen LogP contribution in [0.1, 0.15) is 10.4 Å². The zero-order valence-electron chi connectivity index (χ0n) is 6.37. The van der Waals surface area contributed by atoms with Crippen molar-refractivity contribution >= 4 is 41.2 Å². The lowest BCUT2D eigenvalue weighted by atomic mass is 10.2. The summed E-state index contributed by atoms with van der Waals surface area (Å²) in [4.78, 5) is 11.8. The molecule has 1 rings (SSSR count). The normalized spacial score (nSPS) is 9.58. The minimum Gasteiger partial charge on any atom is -0.465 e. The molecule has 0 N–H and O–H groups in total. The van der Waals surface area contributed by atoms with E-state index in [2.05, 4.69) is 40.0 Å². The maximum Gasteiger partial charge on any atom is 0.337 e. The Balaban J connectivity index is 3.05. The van der Waals surface area contributed by atoms with Gasteiger partial charge in [-0.2, -0.15) is 0 Å². The zero-order chi connectivity index (χ0) is 9.14. The predicted molar refractivity (Wildman–Crippen MR) is 57.8 cm³/mol. The fraction of sp³-hybridized carbons (Fsp3) is 0.125. The molecule has 0 saturated carbocycles. The van der Waals surface area contributed by atoms with Gasteiger partial charge in [0.25, 0.3) is 0 Å². The van der Waals surface area contributed by atoms with Crippen LogP contribution in [0.25, 0.3) is 0 Å². The van der Waals surface area contributed by atoms with Gasteiger partial charge in [-0.3, -0.25) is 0 Å². The van der Waals surface area contributed by atoms with Crippen LogP contribution in [-0.4, -0.2) is 13.1 Å². The van der Waals surface area contributed by atoms with E-state index in [9.17, 15) is 4.79 Å². The molecule has 0 radical (unpaired) electrons. The van der Waals surface area contributed by atoms with Gasteiger partial charge in [0.2, 0.25) is 0 Å². The summed E-state index contributed by atoms with van der Waals surface area (Å²) in [5.41, 5.74) is 0.530. The van der Waals surface area contributed by atoms with Crippen molar-refractivity contribution in [3.63, 3.8) is 0 Å². The molecule has 0 saturated heterocycles. The van der Waals surface area contributed by atoms with Crippen LogP contribution in [0, 0.1) is 3.57 Å². The molecule has 0 heterocycles. The number of hydrogen-bond acceptors (Lipinski definition) is 3. The van der Waals surface area contributed by atoms with Gasteiger partial charge in [0.1, 0.15) is 0 Å². The number of hydrogen-bond donors (Lipinski definition) is 1. The first kappa shape index (κ1) is 9.85. The Kier molecular flexibility index (Phi) is 3.39. The molecule has 0 unspecified atom stereocenters. The molecule has 2 nitrogen and oxygen atoms in total. The van der Waals surface area contributed by atoms with Crippen LogP contribution in [0.15, 0.2) is 23.1 Å². The van der Waals surface area contributed by atoms with Crippen LogP contribution in [-0.2, 0) is 4.74 Å². The molecular formula is C8H7IO2S. The van der Waals surface area contributed by atoms with Gasteiger partial charge in [0, 0.05) is 8.47 Å². The van der Waals surface area contributed by atoms with Crippen LogP contribution in [0.2, 0.25) is 0 Å². The first-order chi connectivity index (χ1) is 5.65. The van der Waals surface area contributed by atoms with Gasteiger partial charge in [-0.25, -0.2) is 4.79 Å². The summed E-state index contributed by atoms with van der Waals surface area (Å²) in [6, 6.07) is 5.24. The van der Waals surface area contributed by atoms with E-state index in [1.165, 1.54) is 7.11 Å². The summed E-state index contributed by atoms with van der Waals surface area (Å²) in [5, 5.41) is 0. The first-order valence-electron chi connectivity index (χ1n) is 3.22. The predicted octanol–water partition coefficient (Wildman–Crippen LogP) is 2.37. The zero-order valence-corrected chi connectivity index (χ0v) is 9.43. The quantitative estimate of drug-likeness (QED) is 0.489. The van der Waals surface area contributed by atoms with Crippen molar-refractivity contribution in [1.82, 2.24) is 0 Å². The lowest BCUT2D eigenvalue weighted by Crippen LogP contribution is -2.00. The van der Waals surface area contributed by atoms with Gasteiger partial charge in [0.15, 0.2) is 0 Å². The van der Waals surface area contributed by atoms with E-state index in [0.29, 0.717) is 5.56 Å². The van der Waals surface area contributed by atoms with E-state index in [1.54, 1.807) is 12.1 Å². The molecule has 0 bridgehead atoms. The maximum atomic E-state index is 11.0. The number of carbonyl (C=O) groups excluding carboxylic acids is 1. The van der Waals surface area contributed by atoms with Crippen LogP contribution in [0.5, 0.6) is 0 Å². The summed E-state index contributed by atoms with van der Waals surface area (Å²) < 4.78 is 5.57. The summed E-state index contributed by atoms with van der Waals surface area (Å²) in [5.74, 6) is -0.332. The van der Waals surface area contributed by atoms with E-state index in [4.69, 9.17) is 0 Å². The van der Waals surface area contributed by atoms with Crippen molar-refractivity contribution in [3.05, 3.63) is 27.3 Å². The summed E-state index contributed by atoms with van der Waals surface area (Å²) in [6.07, 6.45) is 0. The highest BCUT2D eigenvalue weighted by Crippen LogP contribution is 2.18. The Morgan fingerprint density at radius 1 is 1.58 bits per heavy atom. The fourth-order valence-corrected chi connectivity index (χ4v) is 1.31. The van der Waals surface area contributed by atoms with Crippen molar-refractivity contribution in [2.24, 2.45) is 0 Å². The fourth-order valence-electron chi connectivity index (χ4n) is 0.757. The molecule has 0 spiro atoms. The lowest BCUT2D eigenvalue weighted by Gasteiger charge is -2.00. The van der Waals surface area contributed by atoms with Crippen molar-refractivity contribution in [2.75, 3.05) is 7.11 Å². The molecule has 12 heavy (non-hydrogen) atoms. The third-order valence-electron chi connectivity index (χ3n) is 1.37. The summed E-state index contributed by atoms with van der Waals surface area (Å²) >= 11 is 6.33. The van der Waals surface area contributed by atoms with Gasteiger partial charge in [-0.05, 0) is 40.8 Å². The molecule has 1 aromatic rings. The monoisotopic (exact) mass is 294 g/mol. The largest absolute Gasteiger partial charge is 0.465 e. The standard InChI is InChI=1S/C8H7IO2S/c1-11-8(10)5-2-3-6(9)7(12)4-5/h2-4,12H,1H3. The van der Waals surface area contributed by atoms with Crippen LogP contribution in [0.4, 0.5) is 0 Å². The SMILES string of the molecule is COC(=O)c1ccc(I)c(S)c1. The minimum atomic E-state index is -0.332. The van der Waals surface area contributed by atoms with Crippen LogP contribution >= 0.6 is 35.2 Å². The Bertz CT molecular complexity index is 312. The lowest BCUT2D eigenvalue weighted by molar-refractivity contribution is 0.0600. The number of ether oxygens (including phenoxy) is 1. The number of esters is 1. The Hall–Kier alpha value is -0.230. The average Bonchev–Trinajstić information content (AvgIpc) is 2.08. The van der Waals surface area contributed by atoms with E-state index < -0.39 is 0 Å². The molecule has 0 aliphatic rings. The summed E-state index contributed by atoms with van der Waals surface area (Å²) in [7, 11) is 1.36. The second-order valence-corrected chi connectivity index (χ2v) is 3.80. The molecule has 1 aromatic carbocycles. The van der Waals surface area contributed by atoms with E-state index in [-0.39, 0.29) is 5.97 Å². The third kappa shape index (κ3) is 2.13. The Labute approximate surface area is 89.9 Å². The summed E-state index contributed by atoms with van der Waals surface area (Å²) in [6.45, 7) is 0. The van der Waals surface area contributed by atoms with Gasteiger partial charge in [-0.15, -0.1) is 12.6 Å². The van der Waals surface area contributed by atoms with E-state index in [0.717, 1.165) is 8.47 Å². The molecule has 64 valence electrons. The number of methoxy groups -OCH3 is 1. The van der Waals surface area contributed by atoms with E-state index in [1.807, 2.05) is 6.07 Å². The molecular weight excluding hydrogens is 287 g/mol. The van der Waals surface area contributed by atoms with Gasteiger partial charge < -0.3 is 4.74 Å². The second kappa shape index (κ2) is 4.13. The van der Waals surface area contributed by atoms with Crippen molar-refractivity contribution in [2.45, 2.75) is 4.90 Å². The molecule has 4 heteroatoms. The highest BCUT2D eigenvalue weighted by atomic mass is 127. The van der Waals surface area contributed by atoms with Crippen LogP contribution in [0.3, 0.4) is 0 Å². The first-order valence-corrected chi connectivity index (χ1v) is 4.74. The van der Waals surface area contributed by atoms with Gasteiger partial charge >= 0.3 is 5.97 Å². The van der Waals surface area contributed by atoms with Crippen molar-refractivity contribution in [3.8, 4) is 0 Å². The average molecular weight is 294 g/mol. The van der Waals surface area contributed by atoms with Crippen molar-refractivity contribution < 1.29 is 9.53 Å². The second-order valence-electron chi connectivity index (χ2n) is 2.16. The smallest absolute Gasteiger partial charge is 0.337 e. The minimum absolute atomic E-state index is 0.332. The molecule has 0 aliphatic carbocycles. The van der Waals surface area contributed by atoms with E-state index >= 15 is 0 Å². The van der Waals surface area contributed by atoms with Gasteiger partial charge in [-0.1, -0.05) is 0 Å². The van der Waals surface area contributed by atoms with Crippen molar-refractivity contribution in [1.29, 1.82) is 0 Å². The molecule has 0 aliphatic heterocycles. The van der Waals surface area contributed by atoms with Crippen LogP contribution < -0.4 is 0 Å². The maximum absolute atomic E-state index is 11.0. The Morgan fingerprint density at radius 2 is 2.25 bits per heavy atom. The number of thiol groups is 1.